The zero-order valence-electron chi connectivity index (χ0n) is 10.8. The number of para-hydroxylation sites is 1. The predicted octanol–water partition coefficient (Wildman–Crippen LogP) is 3.26. The standard InChI is InChI=1S/C14H18ClN3/c1-14(2,8-16)13-17-11-5-3-4-10(15)12(11)18(13)9-6-7-9/h3-5,9H,6-8,16H2,1-2H3. The summed E-state index contributed by atoms with van der Waals surface area (Å²) in [5.41, 5.74) is 7.83. The number of hydrogen-bond acceptors (Lipinski definition) is 2. The lowest BCUT2D eigenvalue weighted by Gasteiger charge is -2.23. The fourth-order valence-corrected chi connectivity index (χ4v) is 2.62. The highest BCUT2D eigenvalue weighted by Crippen LogP contribution is 2.42. The molecule has 3 rings (SSSR count). The van der Waals surface area contributed by atoms with Crippen LogP contribution in [0.15, 0.2) is 18.2 Å². The first-order chi connectivity index (χ1) is 8.54. The molecule has 1 aromatic heterocycles. The van der Waals surface area contributed by atoms with Crippen molar-refractivity contribution in [2.24, 2.45) is 5.73 Å². The van der Waals surface area contributed by atoms with Crippen molar-refractivity contribution in [2.75, 3.05) is 6.54 Å². The maximum Gasteiger partial charge on any atom is 0.117 e. The Morgan fingerprint density at radius 1 is 1.44 bits per heavy atom. The van der Waals surface area contributed by atoms with Crippen LogP contribution in [-0.4, -0.2) is 16.1 Å². The summed E-state index contributed by atoms with van der Waals surface area (Å²) in [5, 5.41) is 0.783. The highest BCUT2D eigenvalue weighted by atomic mass is 35.5. The van der Waals surface area contributed by atoms with Crippen molar-refractivity contribution < 1.29 is 0 Å². The van der Waals surface area contributed by atoms with Crippen LogP contribution < -0.4 is 5.73 Å². The molecular weight excluding hydrogens is 246 g/mol. The summed E-state index contributed by atoms with van der Waals surface area (Å²) in [6.07, 6.45) is 2.43. The van der Waals surface area contributed by atoms with E-state index in [2.05, 4.69) is 18.4 Å². The molecule has 0 amide bonds. The number of fused-ring (bicyclic) bond motifs is 1. The quantitative estimate of drug-likeness (QED) is 0.924. The Labute approximate surface area is 112 Å². The van der Waals surface area contributed by atoms with Crippen molar-refractivity contribution in [2.45, 2.75) is 38.1 Å². The summed E-state index contributed by atoms with van der Waals surface area (Å²) in [6, 6.07) is 6.46. The molecular formula is C14H18ClN3. The first kappa shape index (κ1) is 12.0. The average molecular weight is 264 g/mol. The van der Waals surface area contributed by atoms with Gasteiger partial charge >= 0.3 is 0 Å². The van der Waals surface area contributed by atoms with Crippen LogP contribution in [0, 0.1) is 0 Å². The van der Waals surface area contributed by atoms with Gasteiger partial charge in [-0.2, -0.15) is 0 Å². The third-order valence-electron chi connectivity index (χ3n) is 3.69. The number of aromatic nitrogens is 2. The van der Waals surface area contributed by atoms with E-state index in [4.69, 9.17) is 22.3 Å². The van der Waals surface area contributed by atoms with Crippen molar-refractivity contribution in [3.8, 4) is 0 Å². The number of nitrogens with zero attached hydrogens (tertiary/aromatic N) is 2. The zero-order chi connectivity index (χ0) is 12.9. The van der Waals surface area contributed by atoms with Crippen molar-refractivity contribution >= 4 is 22.6 Å². The molecule has 2 N–H and O–H groups in total. The maximum atomic E-state index is 6.35. The maximum absolute atomic E-state index is 6.35. The van der Waals surface area contributed by atoms with Crippen LogP contribution in [0.1, 0.15) is 38.6 Å². The van der Waals surface area contributed by atoms with Gasteiger partial charge in [0.2, 0.25) is 0 Å². The van der Waals surface area contributed by atoms with Gasteiger partial charge in [0, 0.05) is 18.0 Å². The second-order valence-electron chi connectivity index (χ2n) is 5.73. The first-order valence-electron chi connectivity index (χ1n) is 6.41. The van der Waals surface area contributed by atoms with E-state index < -0.39 is 0 Å². The number of benzene rings is 1. The van der Waals surface area contributed by atoms with Crippen LogP contribution >= 0.6 is 11.6 Å². The zero-order valence-corrected chi connectivity index (χ0v) is 11.5. The second-order valence-corrected chi connectivity index (χ2v) is 6.14. The largest absolute Gasteiger partial charge is 0.329 e. The van der Waals surface area contributed by atoms with E-state index >= 15 is 0 Å². The number of nitrogens with two attached hydrogens (primary N) is 1. The third kappa shape index (κ3) is 1.73. The van der Waals surface area contributed by atoms with Crippen molar-refractivity contribution in [1.82, 2.24) is 9.55 Å². The average Bonchev–Trinajstić information content (AvgIpc) is 3.09. The molecule has 0 saturated heterocycles. The smallest absolute Gasteiger partial charge is 0.117 e. The molecule has 3 nitrogen and oxygen atoms in total. The SMILES string of the molecule is CC(C)(CN)c1nc2cccc(Cl)c2n1C1CC1. The lowest BCUT2D eigenvalue weighted by molar-refractivity contribution is 0.473. The lowest BCUT2D eigenvalue weighted by Crippen LogP contribution is -2.31. The van der Waals surface area contributed by atoms with Crippen LogP contribution in [0.2, 0.25) is 5.02 Å². The highest BCUT2D eigenvalue weighted by Gasteiger charge is 2.34. The Bertz CT molecular complexity index is 596. The molecule has 0 atom stereocenters. The van der Waals surface area contributed by atoms with E-state index in [0.29, 0.717) is 12.6 Å². The van der Waals surface area contributed by atoms with Gasteiger partial charge < -0.3 is 10.3 Å². The van der Waals surface area contributed by atoms with Gasteiger partial charge in [-0.05, 0) is 25.0 Å². The molecule has 18 heavy (non-hydrogen) atoms. The van der Waals surface area contributed by atoms with Gasteiger partial charge in [0.05, 0.1) is 16.1 Å². The monoisotopic (exact) mass is 263 g/mol. The van der Waals surface area contributed by atoms with Crippen LogP contribution in [0.4, 0.5) is 0 Å². The molecule has 0 spiro atoms. The Balaban J connectivity index is 2.32. The molecule has 0 bridgehead atoms. The number of rotatable bonds is 3. The van der Waals surface area contributed by atoms with E-state index in [1.165, 1.54) is 12.8 Å². The highest BCUT2D eigenvalue weighted by molar-refractivity contribution is 6.35. The van der Waals surface area contributed by atoms with Crippen molar-refractivity contribution in [1.29, 1.82) is 0 Å². The third-order valence-corrected chi connectivity index (χ3v) is 3.99. The minimum absolute atomic E-state index is 0.120. The molecule has 1 aliphatic rings. The summed E-state index contributed by atoms with van der Waals surface area (Å²) < 4.78 is 2.31. The summed E-state index contributed by atoms with van der Waals surface area (Å²) in [5.74, 6) is 1.07. The molecule has 1 aromatic carbocycles. The van der Waals surface area contributed by atoms with Gasteiger partial charge in [0.25, 0.3) is 0 Å². The fraction of sp³-hybridized carbons (Fsp3) is 0.500. The van der Waals surface area contributed by atoms with Gasteiger partial charge in [-0.25, -0.2) is 4.98 Å². The Morgan fingerprint density at radius 3 is 2.78 bits per heavy atom. The summed E-state index contributed by atoms with van der Waals surface area (Å²) in [7, 11) is 0. The Kier molecular flexibility index (Phi) is 2.65. The van der Waals surface area contributed by atoms with Crippen LogP contribution in [-0.2, 0) is 5.41 Å². The minimum atomic E-state index is -0.120. The van der Waals surface area contributed by atoms with Crippen LogP contribution in [0.25, 0.3) is 11.0 Å². The molecule has 1 aliphatic carbocycles. The minimum Gasteiger partial charge on any atom is -0.329 e. The summed E-state index contributed by atoms with van der Waals surface area (Å²) in [6.45, 7) is 4.86. The molecule has 96 valence electrons. The van der Waals surface area contributed by atoms with E-state index in [1.54, 1.807) is 0 Å². The van der Waals surface area contributed by atoms with Crippen LogP contribution in [0.5, 0.6) is 0 Å². The molecule has 0 radical (unpaired) electrons. The lowest BCUT2D eigenvalue weighted by atomic mass is 9.92. The summed E-state index contributed by atoms with van der Waals surface area (Å²) in [4.78, 5) is 4.78. The van der Waals surface area contributed by atoms with Crippen molar-refractivity contribution in [3.63, 3.8) is 0 Å². The van der Waals surface area contributed by atoms with Gasteiger partial charge in [0.15, 0.2) is 0 Å². The first-order valence-corrected chi connectivity index (χ1v) is 6.79. The van der Waals surface area contributed by atoms with E-state index in [-0.39, 0.29) is 5.41 Å². The molecule has 0 aliphatic heterocycles. The van der Waals surface area contributed by atoms with E-state index in [0.717, 1.165) is 21.9 Å². The van der Waals surface area contributed by atoms with E-state index in [1.807, 2.05) is 18.2 Å². The molecule has 0 unspecified atom stereocenters. The molecule has 1 heterocycles. The molecule has 2 aromatic rings. The normalized spacial score (nSPS) is 16.4. The number of halogens is 1. The number of imidazole rings is 1. The van der Waals surface area contributed by atoms with E-state index in [9.17, 15) is 0 Å². The molecule has 4 heteroatoms. The number of hydrogen-bond donors (Lipinski definition) is 1. The molecule has 1 saturated carbocycles. The van der Waals surface area contributed by atoms with Gasteiger partial charge in [-0.1, -0.05) is 31.5 Å². The van der Waals surface area contributed by atoms with Crippen LogP contribution in [0.3, 0.4) is 0 Å². The van der Waals surface area contributed by atoms with Gasteiger partial charge in [0.1, 0.15) is 5.82 Å². The van der Waals surface area contributed by atoms with Gasteiger partial charge in [-0.3, -0.25) is 0 Å². The Hall–Kier alpha value is -1.06. The second kappa shape index (κ2) is 3.97. The molecule has 1 fully saturated rings. The predicted molar refractivity (Wildman–Crippen MR) is 75.1 cm³/mol. The Morgan fingerprint density at radius 2 is 2.17 bits per heavy atom. The van der Waals surface area contributed by atoms with Crippen molar-refractivity contribution in [3.05, 3.63) is 29.0 Å². The summed E-state index contributed by atoms with van der Waals surface area (Å²) >= 11 is 6.35. The fourth-order valence-electron chi connectivity index (χ4n) is 2.36. The topological polar surface area (TPSA) is 43.8 Å². The van der Waals surface area contributed by atoms with Gasteiger partial charge in [-0.15, -0.1) is 0 Å².